The van der Waals surface area contributed by atoms with E-state index in [1.165, 1.54) is 47.9 Å². The van der Waals surface area contributed by atoms with Crippen LogP contribution in [0.15, 0.2) is 53.3 Å². The Balaban J connectivity index is 0.743. The van der Waals surface area contributed by atoms with E-state index in [9.17, 15) is 78.3 Å². The summed E-state index contributed by atoms with van der Waals surface area (Å²) in [5, 5.41) is 67.5. The third-order valence-corrected chi connectivity index (χ3v) is 16.4. The Morgan fingerprint density at radius 1 is 0.800 bits per heavy atom. The van der Waals surface area contributed by atoms with Gasteiger partial charge in [-0.25, -0.2) is 14.6 Å². The van der Waals surface area contributed by atoms with Crippen molar-refractivity contribution in [2.45, 2.75) is 133 Å². The van der Waals surface area contributed by atoms with E-state index in [1.54, 1.807) is 19.1 Å². The van der Waals surface area contributed by atoms with Crippen LogP contribution in [-0.4, -0.2) is 182 Å². The van der Waals surface area contributed by atoms with E-state index in [2.05, 4.69) is 31.9 Å². The van der Waals surface area contributed by atoms with Crippen molar-refractivity contribution in [2.24, 2.45) is 0 Å². The SMILES string of the molecule is CC[C@@]1(O)C(=O)OCc2c1cc1n(c2=O)Cc2c-1nc1cc3c(c4c1c2[C@@H](NC(=O)[C@@H](C)OCNC(=O)CNC(=O)[C@H](Cc1ccc(O[C@@H]2O[C@H](C(=O)O)[C@@H](O)[C@H](O)[C@H]2O)cc1)NC(=O)CNC(=O)CNC(=O)CCCCCN1C(=O)C=CC1=O)CC4)OCO3. The molecule has 2 aromatic carbocycles. The number of nitrogens with zero attached hydrogens (tertiary/aromatic N) is 3. The number of hydrogen-bond acceptors (Lipinski definition) is 22. The zero-order valence-corrected chi connectivity index (χ0v) is 48.6. The van der Waals surface area contributed by atoms with Crippen LogP contribution in [0.1, 0.15) is 91.8 Å². The lowest BCUT2D eigenvalue weighted by molar-refractivity contribution is -0.271. The van der Waals surface area contributed by atoms with Crippen LogP contribution in [-0.2, 0) is 93.8 Å². The molecule has 0 bridgehead atoms. The number of aromatic nitrogens is 2. The van der Waals surface area contributed by atoms with Crippen LogP contribution in [0.4, 0.5) is 0 Å². The summed E-state index contributed by atoms with van der Waals surface area (Å²) < 4.78 is 34.9. The number of fused-ring (bicyclic) bond motifs is 7. The summed E-state index contributed by atoms with van der Waals surface area (Å²) in [5.41, 5.74) is 1.48. The van der Waals surface area contributed by atoms with Gasteiger partial charge in [-0.05, 0) is 68.4 Å². The lowest BCUT2D eigenvalue weighted by atomic mass is 9.82. The molecule has 31 nitrogen and oxygen atoms in total. The van der Waals surface area contributed by atoms with Gasteiger partial charge in [-0.1, -0.05) is 25.5 Å². The van der Waals surface area contributed by atoms with E-state index in [1.807, 2.05) is 0 Å². The standard InChI is InChI=1S/C59H65N9O22/c1-3-59(84)33-18-37-47-31(23-68(37)55(80)32(33)24-85-58(59)83)46-34(13-12-30-45(46)35(65-47)19-38-51(30)88-26-87-38)66-53(78)27(2)86-25-63-41(71)21-62-54(79)36(17-28-8-10-29(11-9-28)89-57-50(77)48(75)49(76)52(90-57)56(81)82)64-42(72)22-61-40(70)20-60-39(69)7-5-4-6-16-67-43(73)14-15-44(67)74/h8-11,14-15,18-19,27,34,36,48-50,52,57,75-77,84H,3-7,12-13,16-17,20-26H2,1-2H3,(H,60,69)(H,61,70)(H,62,79)(H,63,71)(H,64,72)(H,66,78)(H,81,82)/t27-,34+,36+,48+,49+,50-,52+,57-,59+/m1/s1. The summed E-state index contributed by atoms with van der Waals surface area (Å²) in [6.45, 7) is 0.649. The predicted octanol–water partition coefficient (Wildman–Crippen LogP) is -2.78. The number of aryl methyl sites for hydroxylation is 1. The second-order valence-electron chi connectivity index (χ2n) is 22.2. The first kappa shape index (κ1) is 63.6. The summed E-state index contributed by atoms with van der Waals surface area (Å²) in [6.07, 6.45) is -6.28. The fourth-order valence-electron chi connectivity index (χ4n) is 11.5. The van der Waals surface area contributed by atoms with Crippen molar-refractivity contribution >= 4 is 70.1 Å². The molecule has 10 rings (SSSR count). The van der Waals surface area contributed by atoms with E-state index in [-0.39, 0.29) is 62.6 Å². The molecule has 2 aromatic heterocycles. The van der Waals surface area contributed by atoms with Gasteiger partial charge in [-0.2, -0.15) is 0 Å². The quantitative estimate of drug-likeness (QED) is 0.0122. The molecular formula is C59H65N9O22. The van der Waals surface area contributed by atoms with Gasteiger partial charge in [0.05, 0.1) is 54.7 Å². The molecule has 1 saturated heterocycles. The summed E-state index contributed by atoms with van der Waals surface area (Å²) in [7, 11) is 0. The van der Waals surface area contributed by atoms with Crippen LogP contribution in [0.5, 0.6) is 17.2 Å². The number of benzene rings is 2. The number of amides is 8. The molecule has 1 aliphatic carbocycles. The number of carbonyl (C=O) groups is 10. The van der Waals surface area contributed by atoms with Crippen molar-refractivity contribution < 1.29 is 102 Å². The van der Waals surface area contributed by atoms with Gasteiger partial charge in [0.15, 0.2) is 23.2 Å². The maximum Gasteiger partial charge on any atom is 0.343 e. The highest BCUT2D eigenvalue weighted by atomic mass is 16.7. The molecule has 0 spiro atoms. The number of esters is 1. The molecular weight excluding hydrogens is 1190 g/mol. The number of hydrogen-bond donors (Lipinski definition) is 11. The number of rotatable bonds is 25. The molecule has 5 aliphatic heterocycles. The van der Waals surface area contributed by atoms with Crippen LogP contribution in [0.3, 0.4) is 0 Å². The highest BCUT2D eigenvalue weighted by Crippen LogP contribution is 2.50. The smallest absolute Gasteiger partial charge is 0.343 e. The van der Waals surface area contributed by atoms with Gasteiger partial charge < -0.3 is 90.4 Å². The van der Waals surface area contributed by atoms with Gasteiger partial charge >= 0.3 is 11.9 Å². The highest BCUT2D eigenvalue weighted by Gasteiger charge is 2.49. The first-order valence-electron chi connectivity index (χ1n) is 29.0. The normalized spacial score (nSPS) is 22.3. The Morgan fingerprint density at radius 3 is 2.24 bits per heavy atom. The maximum absolute atomic E-state index is 14.1. The van der Waals surface area contributed by atoms with Crippen LogP contribution >= 0.6 is 0 Å². The Bertz CT molecular complexity index is 3670. The van der Waals surface area contributed by atoms with Crippen LogP contribution in [0.2, 0.25) is 0 Å². The van der Waals surface area contributed by atoms with Crippen molar-refractivity contribution in [2.75, 3.05) is 39.7 Å². The van der Waals surface area contributed by atoms with Crippen LogP contribution in [0, 0.1) is 0 Å². The van der Waals surface area contributed by atoms with Gasteiger partial charge in [0.2, 0.25) is 48.5 Å². The molecule has 0 radical (unpaired) electrons. The van der Waals surface area contributed by atoms with E-state index in [0.29, 0.717) is 82.6 Å². The second-order valence-corrected chi connectivity index (χ2v) is 22.2. The van der Waals surface area contributed by atoms with E-state index in [4.69, 9.17) is 33.4 Å². The molecule has 9 atom stereocenters. The average Bonchev–Trinajstić information content (AvgIpc) is 1.48. The molecule has 0 unspecified atom stereocenters. The lowest BCUT2D eigenvalue weighted by Gasteiger charge is -2.38. The number of nitrogens with one attached hydrogen (secondary N) is 6. The second kappa shape index (κ2) is 26.7. The van der Waals surface area contributed by atoms with Crippen LogP contribution < -0.4 is 51.7 Å². The van der Waals surface area contributed by atoms with Crippen molar-refractivity contribution in [3.63, 3.8) is 0 Å². The minimum absolute atomic E-state index is 0.00712. The molecule has 11 N–H and O–H groups in total. The number of carboxylic acids is 1. The van der Waals surface area contributed by atoms with Crippen molar-refractivity contribution in [1.29, 1.82) is 0 Å². The minimum Gasteiger partial charge on any atom is -0.479 e. The Kier molecular flexibility index (Phi) is 18.9. The van der Waals surface area contributed by atoms with Crippen molar-refractivity contribution in [3.8, 4) is 28.6 Å². The van der Waals surface area contributed by atoms with Gasteiger partial charge in [0.25, 0.3) is 17.4 Å². The number of imide groups is 1. The maximum atomic E-state index is 14.1. The number of carbonyl (C=O) groups excluding carboxylic acids is 9. The zero-order chi connectivity index (χ0) is 64.3. The third-order valence-electron chi connectivity index (χ3n) is 16.4. The zero-order valence-electron chi connectivity index (χ0n) is 48.6. The van der Waals surface area contributed by atoms with Crippen molar-refractivity contribution in [3.05, 3.63) is 92.3 Å². The average molecular weight is 1250 g/mol. The molecule has 1 fully saturated rings. The Morgan fingerprint density at radius 2 is 1.51 bits per heavy atom. The monoisotopic (exact) mass is 1250 g/mol. The van der Waals surface area contributed by atoms with Gasteiger partial charge in [-0.3, -0.25) is 48.1 Å². The summed E-state index contributed by atoms with van der Waals surface area (Å²) in [4.78, 5) is 147. The number of aliphatic hydroxyl groups excluding tert-OH is 3. The number of pyridine rings is 2. The van der Waals surface area contributed by atoms with E-state index < -0.39 is 146 Å². The lowest BCUT2D eigenvalue weighted by Crippen LogP contribution is -2.61. The van der Waals surface area contributed by atoms with Gasteiger partial charge in [0, 0.05) is 59.7 Å². The molecule has 0 saturated carbocycles. The first-order chi connectivity index (χ1) is 43.0. The number of ether oxygens (including phenoxy) is 6. The Labute approximate surface area is 510 Å². The minimum atomic E-state index is -2.06. The Hall–Kier alpha value is -9.40. The largest absolute Gasteiger partial charge is 0.479 e. The van der Waals surface area contributed by atoms with E-state index in [0.717, 1.165) is 10.5 Å². The number of cyclic esters (lactones) is 1. The van der Waals surface area contributed by atoms with Crippen molar-refractivity contribution in [1.82, 2.24) is 46.4 Å². The molecule has 7 heterocycles. The summed E-state index contributed by atoms with van der Waals surface area (Å²) in [6, 6.07) is 6.79. The summed E-state index contributed by atoms with van der Waals surface area (Å²) in [5.74, 6) is -6.59. The van der Waals surface area contributed by atoms with Crippen LogP contribution in [0.25, 0.3) is 22.3 Å². The molecule has 8 amide bonds. The molecule has 478 valence electrons. The molecule has 90 heavy (non-hydrogen) atoms. The van der Waals surface area contributed by atoms with Gasteiger partial charge in [-0.15, -0.1) is 0 Å². The molecule has 6 aliphatic rings. The number of unbranched alkanes of at least 4 members (excludes halogenated alkanes) is 2. The number of aliphatic hydroxyl groups is 4. The number of carboxylic acid groups (broad SMARTS) is 1. The molecule has 31 heteroatoms. The summed E-state index contributed by atoms with van der Waals surface area (Å²) >= 11 is 0. The fraction of sp³-hybridized carbons (Fsp3) is 0.458. The molecule has 4 aromatic rings. The first-order valence-corrected chi connectivity index (χ1v) is 29.0. The van der Waals surface area contributed by atoms with Gasteiger partial charge in [0.1, 0.15) is 49.5 Å². The number of aliphatic carboxylic acids is 1. The predicted molar refractivity (Wildman–Crippen MR) is 304 cm³/mol. The fourth-order valence-corrected chi connectivity index (χ4v) is 11.5. The third kappa shape index (κ3) is 13.2. The highest BCUT2D eigenvalue weighted by molar-refractivity contribution is 6.12. The van der Waals surface area contributed by atoms with E-state index >= 15 is 0 Å². The topological polar surface area (TPSA) is 438 Å².